The number of piperazine rings is 1. The molecule has 19 heteroatoms. The molecule has 1 aliphatic carbocycles. The number of amides is 4. The van der Waals surface area contributed by atoms with Crippen LogP contribution in [0.2, 0.25) is 0 Å². The molecule has 10 rings (SSSR count). The summed E-state index contributed by atoms with van der Waals surface area (Å²) >= 11 is 0. The zero-order valence-corrected chi connectivity index (χ0v) is 32.9. The Kier molecular flexibility index (Phi) is 10.1. The minimum Gasteiger partial charge on any atom is -0.374 e. The molecular weight excluding hydrogens is 777 g/mol. The van der Waals surface area contributed by atoms with Crippen LogP contribution in [0, 0.1) is 17.8 Å². The van der Waals surface area contributed by atoms with Crippen LogP contribution in [0.25, 0.3) is 11.3 Å². The molecule has 9 heterocycles. The molecule has 0 radical (unpaired) electrons. The molecule has 5 aromatic heterocycles. The first-order valence-electron chi connectivity index (χ1n) is 20.7. The molecule has 2 N–H and O–H groups in total. The lowest BCUT2D eigenvalue weighted by Crippen LogP contribution is -2.50. The highest BCUT2D eigenvalue weighted by Gasteiger charge is 2.40. The van der Waals surface area contributed by atoms with Crippen LogP contribution in [0.4, 0.5) is 30.9 Å². The lowest BCUT2D eigenvalue weighted by molar-refractivity contribution is -0.120. The van der Waals surface area contributed by atoms with Gasteiger partial charge < -0.3 is 19.9 Å². The Balaban J connectivity index is 0.697. The number of urea groups is 1. The molecule has 4 aliphatic heterocycles. The van der Waals surface area contributed by atoms with Crippen LogP contribution in [0.5, 0.6) is 0 Å². The number of imide groups is 1. The Bertz CT molecular complexity index is 2510. The van der Waals surface area contributed by atoms with E-state index in [1.54, 1.807) is 23.3 Å². The van der Waals surface area contributed by atoms with Crippen LogP contribution < -0.4 is 20.4 Å². The van der Waals surface area contributed by atoms with Crippen molar-refractivity contribution >= 4 is 46.5 Å². The van der Waals surface area contributed by atoms with Gasteiger partial charge in [0, 0.05) is 76.4 Å². The Morgan fingerprint density at radius 2 is 1.85 bits per heavy atom. The van der Waals surface area contributed by atoms with Crippen LogP contribution in [-0.2, 0) is 9.53 Å². The first-order chi connectivity index (χ1) is 29.2. The molecule has 4 saturated heterocycles. The number of ether oxygens (including phenoxy) is 1. The van der Waals surface area contributed by atoms with E-state index in [9.17, 15) is 23.2 Å². The number of carbonyl (C=O) groups is 3. The van der Waals surface area contributed by atoms with Crippen molar-refractivity contribution in [2.75, 3.05) is 74.1 Å². The summed E-state index contributed by atoms with van der Waals surface area (Å²) in [5.41, 5.74) is 1.63. The van der Waals surface area contributed by atoms with Gasteiger partial charge in [0.25, 0.3) is 12.3 Å². The summed E-state index contributed by atoms with van der Waals surface area (Å²) < 4.78 is 39.2. The summed E-state index contributed by atoms with van der Waals surface area (Å²) in [5.74, 6) is 7.57. The number of morpholine rings is 1. The Hall–Kier alpha value is -5.97. The number of imidazole rings is 1. The SMILES string of the molecule is O=C1CCN(c2cnc3cc(C#CCN4CCN(CC5CCC(n6cc(NC(=O)c7cnn8ccc(N9C[C@H]%10C[C@@H]9CO%10)nc78)c(C(F)F)n6)CC5)CC4)ccn23)C(=O)N1. The third kappa shape index (κ3) is 7.54. The number of alkyl halides is 2. The van der Waals surface area contributed by atoms with Crippen molar-refractivity contribution in [2.24, 2.45) is 5.92 Å². The molecule has 312 valence electrons. The molecule has 2 bridgehead atoms. The van der Waals surface area contributed by atoms with E-state index in [1.807, 2.05) is 28.8 Å². The fraction of sp³-hybridized carbons (Fsp3) is 0.488. The number of halogens is 2. The first-order valence-corrected chi connectivity index (χ1v) is 20.7. The normalized spacial score (nSPS) is 23.8. The number of carbonyl (C=O) groups excluding carboxylic acids is 3. The van der Waals surface area contributed by atoms with E-state index in [0.717, 1.165) is 82.8 Å². The van der Waals surface area contributed by atoms with E-state index < -0.39 is 24.1 Å². The van der Waals surface area contributed by atoms with Crippen molar-refractivity contribution in [1.82, 2.24) is 48.9 Å². The standard InChI is InChI=1S/C41H45F2N13O4/c42-38(43)37-32(46-40(58)31-20-45-55-13-8-33(47-39(31)55)54-23-30-19-29(54)25-60-30)24-56(49-37)28-5-3-27(4-6-28)22-51-16-14-50(15-17-51)10-1-2-26-7-11-52-34(18-26)44-21-36(52)53-12-9-35(57)48-41(53)59/h7-8,11,13,18,20-21,24,27-30,38H,3-6,9-10,12,14-17,19,22-23,25H2,(H,46,58)(H,48,57,59)/t27?,28?,29-,30-/m1/s1. The van der Waals surface area contributed by atoms with Crippen molar-refractivity contribution in [3.8, 4) is 11.8 Å². The van der Waals surface area contributed by atoms with Gasteiger partial charge in [-0.2, -0.15) is 10.2 Å². The van der Waals surface area contributed by atoms with Gasteiger partial charge in [-0.3, -0.25) is 33.8 Å². The molecule has 0 spiro atoms. The summed E-state index contributed by atoms with van der Waals surface area (Å²) in [4.78, 5) is 55.1. The van der Waals surface area contributed by atoms with E-state index in [-0.39, 0.29) is 41.8 Å². The average molecular weight is 822 g/mol. The number of pyridine rings is 1. The van der Waals surface area contributed by atoms with Crippen molar-refractivity contribution in [2.45, 2.75) is 63.1 Å². The van der Waals surface area contributed by atoms with Gasteiger partial charge in [-0.1, -0.05) is 11.8 Å². The molecule has 0 unspecified atom stereocenters. The van der Waals surface area contributed by atoms with E-state index >= 15 is 0 Å². The van der Waals surface area contributed by atoms with Crippen LogP contribution >= 0.6 is 0 Å². The minimum absolute atomic E-state index is 0.00210. The smallest absolute Gasteiger partial charge is 0.329 e. The molecule has 17 nitrogen and oxygen atoms in total. The molecule has 5 aliphatic rings. The third-order valence-corrected chi connectivity index (χ3v) is 12.5. The molecular formula is C41H45F2N13O4. The van der Waals surface area contributed by atoms with Gasteiger partial charge in [0.05, 0.1) is 49.4 Å². The second kappa shape index (κ2) is 15.9. The zero-order valence-electron chi connectivity index (χ0n) is 32.9. The molecule has 1 saturated carbocycles. The highest BCUT2D eigenvalue weighted by molar-refractivity contribution is 6.08. The number of nitrogens with zero attached hydrogens (tertiary/aromatic N) is 11. The van der Waals surface area contributed by atoms with Crippen molar-refractivity contribution in [1.29, 1.82) is 0 Å². The van der Waals surface area contributed by atoms with Crippen LogP contribution in [0.1, 0.15) is 72.6 Å². The predicted octanol–water partition coefficient (Wildman–Crippen LogP) is 3.59. The number of nitrogens with one attached hydrogen (secondary N) is 2. The van der Waals surface area contributed by atoms with Gasteiger partial charge in [-0.25, -0.2) is 28.1 Å². The first kappa shape index (κ1) is 38.2. The number of fused-ring (bicyclic) bond motifs is 4. The van der Waals surface area contributed by atoms with Crippen molar-refractivity contribution < 1.29 is 27.9 Å². The fourth-order valence-electron chi connectivity index (χ4n) is 9.27. The Labute approximate surface area is 343 Å². The number of hydrogen-bond donors (Lipinski definition) is 2. The maximum Gasteiger partial charge on any atom is 0.329 e. The van der Waals surface area contributed by atoms with E-state index in [2.05, 4.69) is 52.4 Å². The van der Waals surface area contributed by atoms with Gasteiger partial charge >= 0.3 is 6.03 Å². The summed E-state index contributed by atoms with van der Waals surface area (Å²) in [6.07, 6.45) is 10.3. The van der Waals surface area contributed by atoms with Gasteiger partial charge in [-0.05, 0) is 56.2 Å². The van der Waals surface area contributed by atoms with Crippen molar-refractivity contribution in [3.63, 3.8) is 0 Å². The minimum atomic E-state index is -2.85. The Morgan fingerprint density at radius 3 is 2.62 bits per heavy atom. The summed E-state index contributed by atoms with van der Waals surface area (Å²) in [5, 5.41) is 13.6. The second-order valence-electron chi connectivity index (χ2n) is 16.3. The second-order valence-corrected chi connectivity index (χ2v) is 16.3. The quantitative estimate of drug-likeness (QED) is 0.209. The zero-order chi connectivity index (χ0) is 40.9. The third-order valence-electron chi connectivity index (χ3n) is 12.5. The number of rotatable bonds is 9. The highest BCUT2D eigenvalue weighted by atomic mass is 19.3. The highest BCUT2D eigenvalue weighted by Crippen LogP contribution is 2.36. The molecule has 0 aromatic carbocycles. The molecule has 5 aromatic rings. The molecule has 4 amide bonds. The topological polar surface area (TPSA) is 163 Å². The molecule has 5 fully saturated rings. The van der Waals surface area contributed by atoms with Crippen LogP contribution in [-0.4, -0.2) is 133 Å². The summed E-state index contributed by atoms with van der Waals surface area (Å²) in [6.45, 7) is 7.11. The lowest BCUT2D eigenvalue weighted by Gasteiger charge is -2.37. The van der Waals surface area contributed by atoms with Gasteiger partial charge in [0.2, 0.25) is 5.91 Å². The summed E-state index contributed by atoms with van der Waals surface area (Å²) in [6, 6.07) is 5.43. The number of aromatic nitrogens is 7. The van der Waals surface area contributed by atoms with Gasteiger partial charge in [0.15, 0.2) is 11.3 Å². The van der Waals surface area contributed by atoms with E-state index in [1.165, 1.54) is 15.6 Å². The van der Waals surface area contributed by atoms with Crippen molar-refractivity contribution in [3.05, 3.63) is 66.0 Å². The molecule has 60 heavy (non-hydrogen) atoms. The van der Waals surface area contributed by atoms with Crippen LogP contribution in [0.15, 0.2) is 49.2 Å². The maximum absolute atomic E-state index is 14.3. The van der Waals surface area contributed by atoms with Gasteiger partial charge in [0.1, 0.15) is 22.8 Å². The predicted molar refractivity (Wildman–Crippen MR) is 215 cm³/mol. The average Bonchev–Trinajstić information content (AvgIpc) is 4.11. The van der Waals surface area contributed by atoms with Crippen LogP contribution in [0.3, 0.4) is 0 Å². The Morgan fingerprint density at radius 1 is 1.02 bits per heavy atom. The molecule has 2 atom stereocenters. The largest absolute Gasteiger partial charge is 0.374 e. The monoisotopic (exact) mass is 821 g/mol. The fourth-order valence-corrected chi connectivity index (χ4v) is 9.27. The summed E-state index contributed by atoms with van der Waals surface area (Å²) in [7, 11) is 0. The van der Waals surface area contributed by atoms with E-state index in [4.69, 9.17) is 9.72 Å². The number of hydrogen-bond acceptors (Lipinski definition) is 11. The number of anilines is 3. The maximum atomic E-state index is 14.3. The lowest BCUT2D eigenvalue weighted by atomic mass is 9.85. The van der Waals surface area contributed by atoms with E-state index in [0.29, 0.717) is 42.7 Å². The van der Waals surface area contributed by atoms with Gasteiger partial charge in [-0.15, -0.1) is 0 Å².